The predicted molar refractivity (Wildman–Crippen MR) is 127 cm³/mol. The van der Waals surface area contributed by atoms with E-state index in [4.69, 9.17) is 18.9 Å². The predicted octanol–water partition coefficient (Wildman–Crippen LogP) is 4.29. The fourth-order valence-electron chi connectivity index (χ4n) is 2.97. The Morgan fingerprint density at radius 3 is 1.46 bits per heavy atom. The molecule has 8 nitrogen and oxygen atoms in total. The Balaban J connectivity index is 1.47. The number of hydrogen-bond donors (Lipinski definition) is 0. The number of carbonyl (C=O) groups is 4. The van der Waals surface area contributed by atoms with E-state index in [2.05, 4.69) is 0 Å². The van der Waals surface area contributed by atoms with E-state index in [1.165, 1.54) is 0 Å². The van der Waals surface area contributed by atoms with Crippen molar-refractivity contribution in [2.45, 2.75) is 64.8 Å². The van der Waals surface area contributed by atoms with Gasteiger partial charge in [0.15, 0.2) is 0 Å². The highest BCUT2D eigenvalue weighted by atomic mass is 16.6. The minimum absolute atomic E-state index is 0.0593. The second-order valence-electron chi connectivity index (χ2n) is 7.98. The normalized spacial score (nSPS) is 11.2. The summed E-state index contributed by atoms with van der Waals surface area (Å²) in [6.07, 6.45) is 0.336. The maximum atomic E-state index is 11.9. The second-order valence-corrected chi connectivity index (χ2v) is 7.98. The van der Waals surface area contributed by atoms with Gasteiger partial charge in [0.1, 0.15) is 25.9 Å². The van der Waals surface area contributed by atoms with Crippen molar-refractivity contribution in [2.24, 2.45) is 0 Å². The molecule has 0 N–H and O–H groups in total. The summed E-state index contributed by atoms with van der Waals surface area (Å²) in [4.78, 5) is 47.3. The van der Waals surface area contributed by atoms with Gasteiger partial charge in [0.05, 0.1) is 0 Å². The van der Waals surface area contributed by atoms with Crippen molar-refractivity contribution in [2.75, 3.05) is 6.61 Å². The maximum Gasteiger partial charge on any atom is 0.306 e. The van der Waals surface area contributed by atoms with Crippen LogP contribution in [0.4, 0.5) is 0 Å². The summed E-state index contributed by atoms with van der Waals surface area (Å²) in [5.41, 5.74) is 1.79. The first-order valence-electron chi connectivity index (χ1n) is 11.7. The first-order valence-corrected chi connectivity index (χ1v) is 11.7. The van der Waals surface area contributed by atoms with Crippen molar-refractivity contribution >= 4 is 23.9 Å². The molecule has 1 unspecified atom stereocenters. The SMILES string of the molecule is CC(COC(=O)CCCC(=O)OCc1ccccc1)OC(=O)CCCC(=O)OCc1ccccc1. The van der Waals surface area contributed by atoms with Gasteiger partial charge in [0.25, 0.3) is 0 Å². The minimum Gasteiger partial charge on any atom is -0.462 e. The number of esters is 4. The van der Waals surface area contributed by atoms with Crippen molar-refractivity contribution in [1.82, 2.24) is 0 Å². The molecule has 0 bridgehead atoms. The quantitative estimate of drug-likeness (QED) is 0.272. The van der Waals surface area contributed by atoms with Crippen LogP contribution in [0.3, 0.4) is 0 Å². The molecule has 0 radical (unpaired) electrons. The summed E-state index contributed by atoms with van der Waals surface area (Å²) in [6.45, 7) is 1.92. The molecule has 1 atom stereocenters. The highest BCUT2D eigenvalue weighted by Crippen LogP contribution is 2.07. The monoisotopic (exact) mass is 484 g/mol. The number of ether oxygens (including phenoxy) is 4. The van der Waals surface area contributed by atoms with Gasteiger partial charge < -0.3 is 18.9 Å². The maximum absolute atomic E-state index is 11.9. The Morgan fingerprint density at radius 2 is 1.00 bits per heavy atom. The Bertz CT molecular complexity index is 927. The topological polar surface area (TPSA) is 105 Å². The van der Waals surface area contributed by atoms with Crippen LogP contribution < -0.4 is 0 Å². The summed E-state index contributed by atoms with van der Waals surface area (Å²) in [6, 6.07) is 18.7. The standard InChI is InChI=1S/C27H32O8/c1-21(35-27(31)17-9-16-26(30)34-20-23-12-6-3-7-13-23)18-32-24(28)14-8-15-25(29)33-19-22-10-4-2-5-11-22/h2-7,10-13,21H,8-9,14-20H2,1H3. The Morgan fingerprint density at radius 1 is 0.600 bits per heavy atom. The van der Waals surface area contributed by atoms with Crippen molar-refractivity contribution in [3.63, 3.8) is 0 Å². The summed E-state index contributed by atoms with van der Waals surface area (Å²) >= 11 is 0. The molecule has 0 fully saturated rings. The molecule has 0 heterocycles. The minimum atomic E-state index is -0.618. The lowest BCUT2D eigenvalue weighted by molar-refractivity contribution is -0.158. The van der Waals surface area contributed by atoms with Gasteiger partial charge in [-0.05, 0) is 30.9 Å². The van der Waals surface area contributed by atoms with E-state index in [0.717, 1.165) is 11.1 Å². The molecule has 0 aliphatic carbocycles. The van der Waals surface area contributed by atoms with E-state index < -0.39 is 18.0 Å². The highest BCUT2D eigenvalue weighted by Gasteiger charge is 2.14. The van der Waals surface area contributed by atoms with E-state index in [9.17, 15) is 19.2 Å². The van der Waals surface area contributed by atoms with Crippen LogP contribution in [0.25, 0.3) is 0 Å². The molecule has 8 heteroatoms. The molecule has 2 aromatic rings. The molecule has 0 saturated carbocycles. The average Bonchev–Trinajstić information content (AvgIpc) is 2.86. The zero-order chi connectivity index (χ0) is 25.3. The largest absolute Gasteiger partial charge is 0.462 e. The van der Waals surface area contributed by atoms with Crippen LogP contribution in [-0.4, -0.2) is 36.6 Å². The highest BCUT2D eigenvalue weighted by molar-refractivity contribution is 5.73. The molecular weight excluding hydrogens is 452 g/mol. The number of rotatable bonds is 15. The summed E-state index contributed by atoms with van der Waals surface area (Å²) < 4.78 is 20.6. The van der Waals surface area contributed by atoms with Crippen molar-refractivity contribution in [3.8, 4) is 0 Å². The van der Waals surface area contributed by atoms with Crippen molar-refractivity contribution < 1.29 is 38.1 Å². The van der Waals surface area contributed by atoms with Crippen LogP contribution in [0.5, 0.6) is 0 Å². The van der Waals surface area contributed by atoms with Crippen LogP contribution in [-0.2, 0) is 51.3 Å². The fourth-order valence-corrected chi connectivity index (χ4v) is 2.97. The molecule has 0 aliphatic heterocycles. The van der Waals surface area contributed by atoms with Crippen molar-refractivity contribution in [3.05, 3.63) is 71.8 Å². The van der Waals surface area contributed by atoms with Crippen molar-refractivity contribution in [1.29, 1.82) is 0 Å². The fraction of sp³-hybridized carbons (Fsp3) is 0.407. The molecule has 0 saturated heterocycles. The lowest BCUT2D eigenvalue weighted by Gasteiger charge is -2.13. The molecule has 0 aromatic heterocycles. The molecule has 35 heavy (non-hydrogen) atoms. The Labute approximate surface area is 205 Å². The summed E-state index contributed by atoms with van der Waals surface area (Å²) in [5.74, 6) is -1.73. The van der Waals surface area contributed by atoms with Crippen LogP contribution >= 0.6 is 0 Å². The van der Waals surface area contributed by atoms with Gasteiger partial charge in [0, 0.05) is 25.7 Å². The van der Waals surface area contributed by atoms with Crippen LogP contribution in [0, 0.1) is 0 Å². The Kier molecular flexibility index (Phi) is 12.6. The smallest absolute Gasteiger partial charge is 0.306 e. The van der Waals surface area contributed by atoms with Gasteiger partial charge in [-0.1, -0.05) is 60.7 Å². The van der Waals surface area contributed by atoms with Gasteiger partial charge in [-0.15, -0.1) is 0 Å². The van der Waals surface area contributed by atoms with E-state index in [1.807, 2.05) is 60.7 Å². The third kappa shape index (κ3) is 13.0. The number of hydrogen-bond acceptors (Lipinski definition) is 8. The average molecular weight is 485 g/mol. The van der Waals surface area contributed by atoms with Gasteiger partial charge in [-0.2, -0.15) is 0 Å². The first-order chi connectivity index (χ1) is 16.9. The number of carbonyl (C=O) groups excluding carboxylic acids is 4. The van der Waals surface area contributed by atoms with E-state index in [-0.39, 0.29) is 57.4 Å². The zero-order valence-corrected chi connectivity index (χ0v) is 20.0. The molecule has 2 aromatic carbocycles. The molecule has 188 valence electrons. The summed E-state index contributed by atoms with van der Waals surface area (Å²) in [7, 11) is 0. The van der Waals surface area contributed by atoms with Crippen LogP contribution in [0.2, 0.25) is 0 Å². The zero-order valence-electron chi connectivity index (χ0n) is 20.0. The van der Waals surface area contributed by atoms with Crippen LogP contribution in [0.1, 0.15) is 56.6 Å². The van der Waals surface area contributed by atoms with E-state index >= 15 is 0 Å². The molecular formula is C27H32O8. The molecule has 2 rings (SSSR count). The van der Waals surface area contributed by atoms with Gasteiger partial charge in [0.2, 0.25) is 0 Å². The number of benzene rings is 2. The van der Waals surface area contributed by atoms with E-state index in [0.29, 0.717) is 12.8 Å². The molecule has 0 aliphatic rings. The van der Waals surface area contributed by atoms with Gasteiger partial charge in [-0.3, -0.25) is 19.2 Å². The van der Waals surface area contributed by atoms with Gasteiger partial charge in [-0.25, -0.2) is 0 Å². The third-order valence-electron chi connectivity index (χ3n) is 4.82. The van der Waals surface area contributed by atoms with E-state index in [1.54, 1.807) is 6.92 Å². The third-order valence-corrected chi connectivity index (χ3v) is 4.82. The Hall–Kier alpha value is -3.68. The lowest BCUT2D eigenvalue weighted by atomic mass is 10.2. The second kappa shape index (κ2) is 16.0. The molecule has 0 amide bonds. The summed E-state index contributed by atoms with van der Waals surface area (Å²) in [5, 5.41) is 0. The molecule has 0 spiro atoms. The van der Waals surface area contributed by atoms with Crippen LogP contribution in [0.15, 0.2) is 60.7 Å². The van der Waals surface area contributed by atoms with Gasteiger partial charge >= 0.3 is 23.9 Å². The lowest BCUT2D eigenvalue weighted by Crippen LogP contribution is -2.22. The first kappa shape index (κ1) is 27.6.